The van der Waals surface area contributed by atoms with Crippen LogP contribution >= 0.6 is 0 Å². The Kier molecular flexibility index (Phi) is 5.87. The molecule has 134 valence electrons. The lowest BCUT2D eigenvalue weighted by Crippen LogP contribution is -2.42. The van der Waals surface area contributed by atoms with Gasteiger partial charge in [-0.05, 0) is 38.0 Å². The van der Waals surface area contributed by atoms with Crippen molar-refractivity contribution < 1.29 is 19.1 Å². The summed E-state index contributed by atoms with van der Waals surface area (Å²) in [7, 11) is 0. The summed E-state index contributed by atoms with van der Waals surface area (Å²) < 4.78 is 5.36. The van der Waals surface area contributed by atoms with Crippen molar-refractivity contribution in [3.63, 3.8) is 0 Å². The van der Waals surface area contributed by atoms with E-state index < -0.39 is 11.8 Å². The summed E-state index contributed by atoms with van der Waals surface area (Å²) in [4.78, 5) is 39.3. The lowest BCUT2D eigenvalue weighted by Gasteiger charge is -2.28. The van der Waals surface area contributed by atoms with Gasteiger partial charge in [0.15, 0.2) is 0 Å². The van der Waals surface area contributed by atoms with E-state index >= 15 is 0 Å². The number of carbonyl (C=O) groups is 3. The molecule has 6 heteroatoms. The Morgan fingerprint density at radius 1 is 0.875 bits per heavy atom. The molecule has 2 saturated heterocycles. The average molecular weight is 336 g/mol. The van der Waals surface area contributed by atoms with E-state index in [0.29, 0.717) is 12.5 Å². The third-order valence-corrected chi connectivity index (χ3v) is 5.61. The number of amides is 4. The van der Waals surface area contributed by atoms with E-state index in [9.17, 15) is 14.4 Å². The number of unbranched alkanes of at least 4 members (excludes halogenated alkanes) is 1. The lowest BCUT2D eigenvalue weighted by atomic mass is 9.94. The first-order chi connectivity index (χ1) is 11.7. The third-order valence-electron chi connectivity index (χ3n) is 5.61. The maximum Gasteiger partial charge on any atom is 0.334 e. The molecule has 3 fully saturated rings. The number of rotatable bonds is 6. The Morgan fingerprint density at radius 2 is 1.58 bits per heavy atom. The van der Waals surface area contributed by atoms with Crippen LogP contribution < -0.4 is 0 Å². The molecule has 0 radical (unpaired) electrons. The van der Waals surface area contributed by atoms with E-state index in [4.69, 9.17) is 4.74 Å². The van der Waals surface area contributed by atoms with Gasteiger partial charge in [0, 0.05) is 25.8 Å². The first-order valence-corrected chi connectivity index (χ1v) is 9.45. The summed E-state index contributed by atoms with van der Waals surface area (Å²) in [5.74, 6) is -0.544. The highest BCUT2D eigenvalue weighted by Gasteiger charge is 2.47. The predicted octanol–water partition coefficient (Wildman–Crippen LogP) is 2.71. The van der Waals surface area contributed by atoms with Crippen LogP contribution in [0.2, 0.25) is 0 Å². The van der Waals surface area contributed by atoms with Crippen molar-refractivity contribution in [2.45, 2.75) is 70.3 Å². The summed E-state index contributed by atoms with van der Waals surface area (Å²) in [6.45, 7) is 2.06. The number of nitrogens with zero attached hydrogens (tertiary/aromatic N) is 2. The number of carbonyl (C=O) groups excluding carboxylic acids is 3. The number of ether oxygens (including phenoxy) is 1. The van der Waals surface area contributed by atoms with Crippen molar-refractivity contribution in [2.24, 2.45) is 5.92 Å². The van der Waals surface area contributed by atoms with Gasteiger partial charge in [0.2, 0.25) is 0 Å². The second-order valence-corrected chi connectivity index (χ2v) is 7.26. The zero-order chi connectivity index (χ0) is 16.9. The van der Waals surface area contributed by atoms with Gasteiger partial charge in [0.05, 0.1) is 0 Å². The second kappa shape index (κ2) is 8.10. The molecule has 0 atom stereocenters. The molecule has 6 nitrogen and oxygen atoms in total. The van der Waals surface area contributed by atoms with Gasteiger partial charge in [-0.3, -0.25) is 19.4 Å². The van der Waals surface area contributed by atoms with E-state index in [0.717, 1.165) is 77.4 Å². The van der Waals surface area contributed by atoms with Crippen LogP contribution in [0.5, 0.6) is 0 Å². The third kappa shape index (κ3) is 3.79. The molecule has 0 unspecified atom stereocenters. The minimum atomic E-state index is -0.628. The molecule has 24 heavy (non-hydrogen) atoms. The van der Waals surface area contributed by atoms with Gasteiger partial charge in [-0.25, -0.2) is 4.79 Å². The maximum atomic E-state index is 12.5. The summed E-state index contributed by atoms with van der Waals surface area (Å²) in [6.07, 6.45) is 9.97. The van der Waals surface area contributed by atoms with Gasteiger partial charge in [0.1, 0.15) is 0 Å². The molecule has 0 aromatic heterocycles. The topological polar surface area (TPSA) is 66.9 Å². The fourth-order valence-corrected chi connectivity index (χ4v) is 4.12. The molecule has 3 aliphatic rings. The van der Waals surface area contributed by atoms with E-state index in [1.165, 1.54) is 9.80 Å². The zero-order valence-corrected chi connectivity index (χ0v) is 14.4. The van der Waals surface area contributed by atoms with E-state index in [1.807, 2.05) is 0 Å². The molecular formula is C18H28N2O4. The largest absolute Gasteiger partial charge is 0.381 e. The van der Waals surface area contributed by atoms with Crippen molar-refractivity contribution in [3.8, 4) is 0 Å². The van der Waals surface area contributed by atoms with Crippen LogP contribution in [0.25, 0.3) is 0 Å². The van der Waals surface area contributed by atoms with Crippen molar-refractivity contribution in [2.75, 3.05) is 19.8 Å². The van der Waals surface area contributed by atoms with Crippen molar-refractivity contribution in [1.82, 2.24) is 9.80 Å². The highest BCUT2D eigenvalue weighted by atomic mass is 16.5. The van der Waals surface area contributed by atoms with Crippen molar-refractivity contribution >= 4 is 17.8 Å². The quantitative estimate of drug-likeness (QED) is 0.425. The molecule has 1 saturated carbocycles. The number of hydrogen-bond donors (Lipinski definition) is 0. The normalized spacial score (nSPS) is 24.2. The molecule has 0 bridgehead atoms. The monoisotopic (exact) mass is 336 g/mol. The van der Waals surface area contributed by atoms with Crippen LogP contribution in [0.1, 0.15) is 64.2 Å². The standard InChI is InChI=1S/C18H28N2O4/c21-16-17(22)20(15-7-2-1-3-8-15)18(23)19(16)11-5-4-6-14-9-12-24-13-10-14/h14-15H,1-13H2. The molecule has 4 amide bonds. The summed E-state index contributed by atoms with van der Waals surface area (Å²) in [5.41, 5.74) is 0. The highest BCUT2D eigenvalue weighted by molar-refractivity contribution is 6.44. The maximum absolute atomic E-state index is 12.5. The molecule has 0 aromatic rings. The van der Waals surface area contributed by atoms with E-state index in [1.54, 1.807) is 0 Å². The summed E-state index contributed by atoms with van der Waals surface area (Å²) >= 11 is 0. The molecule has 3 rings (SSSR count). The number of urea groups is 1. The smallest absolute Gasteiger partial charge is 0.334 e. The Hall–Kier alpha value is -1.43. The number of imide groups is 2. The van der Waals surface area contributed by atoms with Gasteiger partial charge < -0.3 is 4.74 Å². The fraction of sp³-hybridized carbons (Fsp3) is 0.833. The van der Waals surface area contributed by atoms with Gasteiger partial charge in [0.25, 0.3) is 0 Å². The van der Waals surface area contributed by atoms with Crippen LogP contribution in [-0.4, -0.2) is 53.4 Å². The van der Waals surface area contributed by atoms with E-state index in [2.05, 4.69) is 0 Å². The Balaban J connectivity index is 1.47. The predicted molar refractivity (Wildman–Crippen MR) is 88.2 cm³/mol. The first-order valence-electron chi connectivity index (χ1n) is 9.45. The van der Waals surface area contributed by atoms with Gasteiger partial charge >= 0.3 is 17.8 Å². The zero-order valence-electron chi connectivity index (χ0n) is 14.4. The minimum absolute atomic E-state index is 0.0741. The molecule has 2 aliphatic heterocycles. The molecule has 2 heterocycles. The van der Waals surface area contributed by atoms with Gasteiger partial charge in [-0.15, -0.1) is 0 Å². The van der Waals surface area contributed by atoms with Gasteiger partial charge in [-0.2, -0.15) is 0 Å². The molecule has 0 N–H and O–H groups in total. The van der Waals surface area contributed by atoms with Crippen LogP contribution in [0, 0.1) is 5.92 Å². The highest BCUT2D eigenvalue weighted by Crippen LogP contribution is 2.27. The Bertz CT molecular complexity index is 481. The minimum Gasteiger partial charge on any atom is -0.381 e. The fourth-order valence-electron chi connectivity index (χ4n) is 4.12. The van der Waals surface area contributed by atoms with Gasteiger partial charge in [-0.1, -0.05) is 32.1 Å². The van der Waals surface area contributed by atoms with Crippen LogP contribution in [0.4, 0.5) is 4.79 Å². The molecular weight excluding hydrogens is 308 g/mol. The number of hydrogen-bond acceptors (Lipinski definition) is 4. The van der Waals surface area contributed by atoms with Crippen LogP contribution in [-0.2, 0) is 14.3 Å². The molecule has 0 spiro atoms. The Morgan fingerprint density at radius 3 is 2.29 bits per heavy atom. The van der Waals surface area contributed by atoms with Crippen molar-refractivity contribution in [1.29, 1.82) is 0 Å². The summed E-state index contributed by atoms with van der Waals surface area (Å²) in [6, 6.07) is -0.460. The molecule has 1 aliphatic carbocycles. The molecule has 0 aromatic carbocycles. The van der Waals surface area contributed by atoms with E-state index in [-0.39, 0.29) is 12.1 Å². The van der Waals surface area contributed by atoms with Crippen molar-refractivity contribution in [3.05, 3.63) is 0 Å². The average Bonchev–Trinajstić information content (AvgIpc) is 2.83. The lowest BCUT2D eigenvalue weighted by molar-refractivity contribution is -0.144. The van der Waals surface area contributed by atoms with Crippen LogP contribution in [0.15, 0.2) is 0 Å². The summed E-state index contributed by atoms with van der Waals surface area (Å²) in [5, 5.41) is 0. The second-order valence-electron chi connectivity index (χ2n) is 7.26. The first kappa shape index (κ1) is 17.4. The Labute approximate surface area is 143 Å². The van der Waals surface area contributed by atoms with Crippen LogP contribution in [0.3, 0.4) is 0 Å². The SMILES string of the molecule is O=C1C(=O)N(C2CCCCC2)C(=O)N1CCCCC1CCOCC1.